The van der Waals surface area contributed by atoms with E-state index >= 15 is 0 Å². The van der Waals surface area contributed by atoms with Crippen molar-refractivity contribution in [2.75, 3.05) is 6.54 Å². The number of hydrogen-bond acceptors (Lipinski definition) is 2. The molecule has 0 bridgehead atoms. The van der Waals surface area contributed by atoms with Gasteiger partial charge in [0.2, 0.25) is 0 Å². The predicted molar refractivity (Wildman–Crippen MR) is 86.2 cm³/mol. The molecule has 0 radical (unpaired) electrons. The molecule has 102 valence electrons. The number of nitrogens with two attached hydrogens (primary N) is 1. The third-order valence-corrected chi connectivity index (χ3v) is 3.35. The highest BCUT2D eigenvalue weighted by molar-refractivity contribution is 14.1. The maximum atomic E-state index is 11.9. The molecule has 0 saturated carbocycles. The molecule has 0 fully saturated rings. The zero-order valence-corrected chi connectivity index (χ0v) is 13.5. The molecule has 1 aromatic carbocycles. The second-order valence-corrected chi connectivity index (χ2v) is 5.30. The molecule has 0 aliphatic rings. The Hall–Kier alpha value is -0.330. The molecule has 1 rings (SSSR count). The molecule has 1 atom stereocenters. The Bertz CT molecular complexity index is 357. The second kappa shape index (κ2) is 9.58. The summed E-state index contributed by atoms with van der Waals surface area (Å²) in [5.41, 5.74) is 6.34. The largest absolute Gasteiger partial charge is 0.348 e. The van der Waals surface area contributed by atoms with Crippen LogP contribution in [0.2, 0.25) is 0 Å². The van der Waals surface area contributed by atoms with E-state index in [9.17, 15) is 4.79 Å². The first kappa shape index (κ1) is 17.7. The van der Waals surface area contributed by atoms with Crippen LogP contribution in [0.5, 0.6) is 0 Å². The summed E-state index contributed by atoms with van der Waals surface area (Å²) in [6.45, 7) is 2.63. The number of hydrogen-bond donors (Lipinski definition) is 2. The molecule has 3 N–H and O–H groups in total. The van der Waals surface area contributed by atoms with E-state index in [-0.39, 0.29) is 24.4 Å². The second-order valence-electron chi connectivity index (χ2n) is 4.06. The summed E-state index contributed by atoms with van der Waals surface area (Å²) in [6.07, 6.45) is 3.16. The van der Waals surface area contributed by atoms with Crippen LogP contribution in [0.15, 0.2) is 24.3 Å². The first-order valence-corrected chi connectivity index (χ1v) is 7.01. The number of amides is 1. The number of rotatable bonds is 6. The van der Waals surface area contributed by atoms with Crippen LogP contribution in [-0.4, -0.2) is 18.5 Å². The average Bonchev–Trinajstić information content (AvgIpc) is 2.35. The van der Waals surface area contributed by atoms with Gasteiger partial charge in [0.25, 0.3) is 5.91 Å². The SMILES string of the molecule is CCCCC(CN)NC(=O)c1ccc(I)cc1.Cl. The van der Waals surface area contributed by atoms with Crippen molar-refractivity contribution in [2.45, 2.75) is 32.2 Å². The maximum Gasteiger partial charge on any atom is 0.251 e. The van der Waals surface area contributed by atoms with Crippen molar-refractivity contribution in [1.29, 1.82) is 0 Å². The Morgan fingerprint density at radius 3 is 2.50 bits per heavy atom. The monoisotopic (exact) mass is 382 g/mol. The molecule has 1 unspecified atom stereocenters. The molecule has 0 aromatic heterocycles. The lowest BCUT2D eigenvalue weighted by atomic mass is 10.1. The summed E-state index contributed by atoms with van der Waals surface area (Å²) in [5.74, 6) is -0.0343. The standard InChI is InChI=1S/C13H19IN2O.ClH/c1-2-3-4-12(9-15)16-13(17)10-5-7-11(14)8-6-10;/h5-8,12H,2-4,9,15H2,1H3,(H,16,17);1H. The number of nitrogens with one attached hydrogen (secondary N) is 1. The van der Waals surface area contributed by atoms with Gasteiger partial charge in [0.15, 0.2) is 0 Å². The van der Waals surface area contributed by atoms with Crippen molar-refractivity contribution >= 4 is 40.9 Å². The van der Waals surface area contributed by atoms with E-state index in [1.54, 1.807) is 0 Å². The van der Waals surface area contributed by atoms with Crippen LogP contribution >= 0.6 is 35.0 Å². The maximum absolute atomic E-state index is 11.9. The van der Waals surface area contributed by atoms with Gasteiger partial charge in [0.1, 0.15) is 0 Å². The number of carbonyl (C=O) groups excluding carboxylic acids is 1. The predicted octanol–water partition coefficient (Wildman–Crippen LogP) is 2.96. The van der Waals surface area contributed by atoms with Crippen LogP contribution < -0.4 is 11.1 Å². The Labute approximate surface area is 128 Å². The van der Waals surface area contributed by atoms with Crippen LogP contribution in [0, 0.1) is 3.57 Å². The average molecular weight is 383 g/mol. The van der Waals surface area contributed by atoms with Gasteiger partial charge >= 0.3 is 0 Å². The number of carbonyl (C=O) groups is 1. The summed E-state index contributed by atoms with van der Waals surface area (Å²) < 4.78 is 1.13. The fraction of sp³-hybridized carbons (Fsp3) is 0.462. The minimum absolute atomic E-state index is 0. The van der Waals surface area contributed by atoms with Gasteiger partial charge in [-0.15, -0.1) is 12.4 Å². The summed E-state index contributed by atoms with van der Waals surface area (Å²) in [7, 11) is 0. The van der Waals surface area contributed by atoms with Crippen molar-refractivity contribution in [3.63, 3.8) is 0 Å². The van der Waals surface area contributed by atoms with Crippen molar-refractivity contribution in [3.05, 3.63) is 33.4 Å². The van der Waals surface area contributed by atoms with Gasteiger partial charge in [-0.1, -0.05) is 19.8 Å². The van der Waals surface area contributed by atoms with Crippen molar-refractivity contribution in [2.24, 2.45) is 5.73 Å². The van der Waals surface area contributed by atoms with Gasteiger partial charge in [-0.05, 0) is 53.3 Å². The Morgan fingerprint density at radius 2 is 2.00 bits per heavy atom. The smallest absolute Gasteiger partial charge is 0.251 e. The molecule has 0 spiro atoms. The molecule has 18 heavy (non-hydrogen) atoms. The number of unbranched alkanes of at least 4 members (excludes halogenated alkanes) is 1. The van der Waals surface area contributed by atoms with Gasteiger partial charge in [-0.25, -0.2) is 0 Å². The lowest BCUT2D eigenvalue weighted by Crippen LogP contribution is -2.40. The zero-order valence-electron chi connectivity index (χ0n) is 10.5. The number of benzene rings is 1. The van der Waals surface area contributed by atoms with Crippen molar-refractivity contribution in [3.8, 4) is 0 Å². The van der Waals surface area contributed by atoms with Crippen molar-refractivity contribution in [1.82, 2.24) is 5.32 Å². The van der Waals surface area contributed by atoms with E-state index in [0.29, 0.717) is 12.1 Å². The lowest BCUT2D eigenvalue weighted by Gasteiger charge is -2.16. The minimum atomic E-state index is -0.0343. The van der Waals surface area contributed by atoms with E-state index in [2.05, 4.69) is 34.8 Å². The molecule has 1 amide bonds. The highest BCUT2D eigenvalue weighted by Crippen LogP contribution is 2.07. The van der Waals surface area contributed by atoms with E-state index in [1.807, 2.05) is 24.3 Å². The van der Waals surface area contributed by atoms with E-state index in [1.165, 1.54) is 0 Å². The Balaban J connectivity index is 0.00000289. The molecule has 0 saturated heterocycles. The fourth-order valence-electron chi connectivity index (χ4n) is 1.57. The first-order valence-electron chi connectivity index (χ1n) is 5.94. The first-order chi connectivity index (χ1) is 8.17. The Morgan fingerprint density at radius 1 is 1.39 bits per heavy atom. The lowest BCUT2D eigenvalue weighted by molar-refractivity contribution is 0.0936. The molecule has 3 nitrogen and oxygen atoms in total. The third kappa shape index (κ3) is 6.02. The van der Waals surface area contributed by atoms with Gasteiger partial charge in [-0.3, -0.25) is 4.79 Å². The summed E-state index contributed by atoms with van der Waals surface area (Å²) in [5, 5.41) is 2.97. The number of halogens is 2. The highest BCUT2D eigenvalue weighted by atomic mass is 127. The normalized spacial score (nSPS) is 11.5. The van der Waals surface area contributed by atoms with Gasteiger partial charge in [-0.2, -0.15) is 0 Å². The molecule has 0 aliphatic heterocycles. The molecular formula is C13H20ClIN2O. The fourth-order valence-corrected chi connectivity index (χ4v) is 1.93. The molecule has 0 aliphatic carbocycles. The third-order valence-electron chi connectivity index (χ3n) is 2.63. The van der Waals surface area contributed by atoms with Crippen molar-refractivity contribution < 1.29 is 4.79 Å². The minimum Gasteiger partial charge on any atom is -0.348 e. The summed E-state index contributed by atoms with van der Waals surface area (Å²) in [4.78, 5) is 11.9. The summed E-state index contributed by atoms with van der Waals surface area (Å²) in [6, 6.07) is 7.62. The van der Waals surface area contributed by atoms with Crippen LogP contribution in [0.3, 0.4) is 0 Å². The van der Waals surface area contributed by atoms with E-state index < -0.39 is 0 Å². The highest BCUT2D eigenvalue weighted by Gasteiger charge is 2.11. The molecule has 1 aromatic rings. The quantitative estimate of drug-likeness (QED) is 0.743. The topological polar surface area (TPSA) is 55.1 Å². The van der Waals surface area contributed by atoms with E-state index in [4.69, 9.17) is 5.73 Å². The van der Waals surface area contributed by atoms with Crippen LogP contribution in [0.25, 0.3) is 0 Å². The summed E-state index contributed by atoms with van der Waals surface area (Å²) >= 11 is 2.22. The molecule has 0 heterocycles. The van der Waals surface area contributed by atoms with Crippen LogP contribution in [0.4, 0.5) is 0 Å². The van der Waals surface area contributed by atoms with Gasteiger partial charge in [0, 0.05) is 21.7 Å². The Kier molecular flexibility index (Phi) is 9.40. The molecule has 5 heteroatoms. The van der Waals surface area contributed by atoms with Crippen LogP contribution in [-0.2, 0) is 0 Å². The van der Waals surface area contributed by atoms with Gasteiger partial charge < -0.3 is 11.1 Å². The molecular weight excluding hydrogens is 363 g/mol. The van der Waals surface area contributed by atoms with E-state index in [0.717, 1.165) is 22.8 Å². The van der Waals surface area contributed by atoms with Crippen LogP contribution in [0.1, 0.15) is 36.5 Å². The zero-order chi connectivity index (χ0) is 12.7. The van der Waals surface area contributed by atoms with Gasteiger partial charge in [0.05, 0.1) is 0 Å².